The largest absolute Gasteiger partial charge is 0.330 e. The number of nitrogens with one attached hydrogen (secondary N) is 1. The molecule has 0 bridgehead atoms. The third-order valence-electron chi connectivity index (χ3n) is 5.31. The standard InChI is InChI=1S/C21H26FN3O.ClH/c1-14-8-9-20(19(22)10-14)24-21(26)15(2)25-12-17(11-23)18(13-25)16-6-4-3-5-7-16;/h3-10,15,17-18H,11-13,23H2,1-2H3,(H,24,26);1H/t15?,17-,18+;/m1./s1. The van der Waals surface area contributed by atoms with Gasteiger partial charge in [-0.3, -0.25) is 9.69 Å². The number of aryl methyl sites for hydroxylation is 1. The van der Waals surface area contributed by atoms with Crippen molar-refractivity contribution in [2.24, 2.45) is 11.7 Å². The van der Waals surface area contributed by atoms with Crippen molar-refractivity contribution in [1.82, 2.24) is 4.90 Å². The third kappa shape index (κ3) is 4.86. The molecule has 3 atom stereocenters. The van der Waals surface area contributed by atoms with Crippen molar-refractivity contribution < 1.29 is 9.18 Å². The minimum Gasteiger partial charge on any atom is -0.330 e. The number of hydrogen-bond acceptors (Lipinski definition) is 3. The summed E-state index contributed by atoms with van der Waals surface area (Å²) in [7, 11) is 0. The normalized spacial score (nSPS) is 20.7. The predicted octanol–water partition coefficient (Wildman–Crippen LogP) is 3.56. The third-order valence-corrected chi connectivity index (χ3v) is 5.31. The Morgan fingerprint density at radius 3 is 2.59 bits per heavy atom. The summed E-state index contributed by atoms with van der Waals surface area (Å²) in [5.41, 5.74) is 8.28. The fourth-order valence-corrected chi connectivity index (χ4v) is 3.66. The summed E-state index contributed by atoms with van der Waals surface area (Å²) in [6.45, 7) is 5.80. The maximum absolute atomic E-state index is 14.0. The monoisotopic (exact) mass is 391 g/mol. The fraction of sp³-hybridized carbons (Fsp3) is 0.381. The summed E-state index contributed by atoms with van der Waals surface area (Å²) >= 11 is 0. The highest BCUT2D eigenvalue weighted by molar-refractivity contribution is 5.94. The number of anilines is 1. The Bertz CT molecular complexity index is 771. The molecule has 6 heteroatoms. The molecule has 2 aromatic rings. The van der Waals surface area contributed by atoms with Gasteiger partial charge in [-0.05, 0) is 49.6 Å². The minimum atomic E-state index is -0.408. The van der Waals surface area contributed by atoms with Crippen LogP contribution in [0.2, 0.25) is 0 Å². The zero-order chi connectivity index (χ0) is 18.7. The number of nitrogens with two attached hydrogens (primary N) is 1. The van der Waals surface area contributed by atoms with E-state index >= 15 is 0 Å². The first-order valence-corrected chi connectivity index (χ1v) is 9.05. The molecule has 1 saturated heterocycles. The van der Waals surface area contributed by atoms with Gasteiger partial charge < -0.3 is 11.1 Å². The summed E-state index contributed by atoms with van der Waals surface area (Å²) in [6.07, 6.45) is 0. The van der Waals surface area contributed by atoms with Crippen LogP contribution in [0, 0.1) is 18.7 Å². The van der Waals surface area contributed by atoms with E-state index in [-0.39, 0.29) is 30.0 Å². The van der Waals surface area contributed by atoms with Gasteiger partial charge in [0.25, 0.3) is 0 Å². The Kier molecular flexibility index (Phi) is 7.36. The number of benzene rings is 2. The van der Waals surface area contributed by atoms with E-state index in [1.165, 1.54) is 11.6 Å². The maximum Gasteiger partial charge on any atom is 0.241 e. The summed E-state index contributed by atoms with van der Waals surface area (Å²) < 4.78 is 14.0. The molecule has 146 valence electrons. The van der Waals surface area contributed by atoms with Crippen molar-refractivity contribution in [3.8, 4) is 0 Å². The first kappa shape index (κ1) is 21.4. The average Bonchev–Trinajstić information content (AvgIpc) is 3.08. The van der Waals surface area contributed by atoms with E-state index in [9.17, 15) is 9.18 Å². The number of rotatable bonds is 5. The van der Waals surface area contributed by atoms with Gasteiger partial charge >= 0.3 is 0 Å². The van der Waals surface area contributed by atoms with E-state index in [2.05, 4.69) is 22.3 Å². The van der Waals surface area contributed by atoms with Crippen molar-refractivity contribution in [2.75, 3.05) is 25.0 Å². The molecule has 0 radical (unpaired) electrons. The Balaban J connectivity index is 0.00000261. The molecule has 1 fully saturated rings. The van der Waals surface area contributed by atoms with Crippen molar-refractivity contribution >= 4 is 24.0 Å². The number of carbonyl (C=O) groups is 1. The van der Waals surface area contributed by atoms with Crippen LogP contribution in [0.25, 0.3) is 0 Å². The molecule has 27 heavy (non-hydrogen) atoms. The predicted molar refractivity (Wildman–Crippen MR) is 110 cm³/mol. The van der Waals surface area contributed by atoms with E-state index in [0.717, 1.165) is 18.7 Å². The van der Waals surface area contributed by atoms with Crippen LogP contribution in [0.3, 0.4) is 0 Å². The van der Waals surface area contributed by atoms with Gasteiger partial charge in [0.2, 0.25) is 5.91 Å². The lowest BCUT2D eigenvalue weighted by molar-refractivity contribution is -0.120. The lowest BCUT2D eigenvalue weighted by atomic mass is 9.89. The van der Waals surface area contributed by atoms with E-state index in [1.807, 2.05) is 32.0 Å². The Morgan fingerprint density at radius 2 is 1.96 bits per heavy atom. The van der Waals surface area contributed by atoms with E-state index in [0.29, 0.717) is 18.4 Å². The van der Waals surface area contributed by atoms with Gasteiger partial charge in [0.1, 0.15) is 5.82 Å². The molecule has 1 heterocycles. The van der Waals surface area contributed by atoms with E-state index < -0.39 is 5.82 Å². The quantitative estimate of drug-likeness (QED) is 0.819. The fourth-order valence-electron chi connectivity index (χ4n) is 3.66. The van der Waals surface area contributed by atoms with Crippen LogP contribution in [-0.4, -0.2) is 36.5 Å². The molecule has 0 aromatic heterocycles. The number of hydrogen-bond donors (Lipinski definition) is 2. The zero-order valence-corrected chi connectivity index (χ0v) is 16.5. The van der Waals surface area contributed by atoms with Gasteiger partial charge in [-0.15, -0.1) is 12.4 Å². The van der Waals surface area contributed by atoms with E-state index in [4.69, 9.17) is 5.73 Å². The second-order valence-corrected chi connectivity index (χ2v) is 7.12. The van der Waals surface area contributed by atoms with Gasteiger partial charge in [-0.25, -0.2) is 4.39 Å². The first-order valence-electron chi connectivity index (χ1n) is 9.05. The SMILES string of the molecule is Cc1ccc(NC(=O)C(C)N2C[C@@H](CN)[C@H](c3ccccc3)C2)c(F)c1.Cl. The highest BCUT2D eigenvalue weighted by atomic mass is 35.5. The zero-order valence-electron chi connectivity index (χ0n) is 15.7. The molecule has 3 rings (SSSR count). The van der Waals surface area contributed by atoms with Gasteiger partial charge in [0.15, 0.2) is 0 Å². The second kappa shape index (κ2) is 9.31. The smallest absolute Gasteiger partial charge is 0.241 e. The Labute approximate surface area is 166 Å². The number of nitrogens with zero attached hydrogens (tertiary/aromatic N) is 1. The van der Waals surface area contributed by atoms with Gasteiger partial charge in [-0.2, -0.15) is 0 Å². The van der Waals surface area contributed by atoms with E-state index in [1.54, 1.807) is 12.1 Å². The molecular weight excluding hydrogens is 365 g/mol. The van der Waals surface area contributed by atoms with Crippen molar-refractivity contribution in [3.05, 3.63) is 65.5 Å². The molecule has 4 nitrogen and oxygen atoms in total. The number of carbonyl (C=O) groups excluding carboxylic acids is 1. The molecule has 1 unspecified atom stereocenters. The molecule has 1 aliphatic heterocycles. The molecular formula is C21H27ClFN3O. The van der Waals surface area contributed by atoms with Gasteiger partial charge in [0.05, 0.1) is 11.7 Å². The van der Waals surface area contributed by atoms with Crippen molar-refractivity contribution in [3.63, 3.8) is 0 Å². The molecule has 0 spiro atoms. The van der Waals surface area contributed by atoms with Crippen LogP contribution in [-0.2, 0) is 4.79 Å². The maximum atomic E-state index is 14.0. The Morgan fingerprint density at radius 1 is 1.26 bits per heavy atom. The summed E-state index contributed by atoms with van der Waals surface area (Å²) in [5.74, 6) is 0.0162. The van der Waals surface area contributed by atoms with Crippen LogP contribution in [0.15, 0.2) is 48.5 Å². The van der Waals surface area contributed by atoms with Crippen LogP contribution < -0.4 is 11.1 Å². The minimum absolute atomic E-state index is 0. The summed E-state index contributed by atoms with van der Waals surface area (Å²) in [4.78, 5) is 14.8. The molecule has 3 N–H and O–H groups in total. The first-order chi connectivity index (χ1) is 12.5. The molecule has 0 aliphatic carbocycles. The van der Waals surface area contributed by atoms with Crippen LogP contribution in [0.4, 0.5) is 10.1 Å². The van der Waals surface area contributed by atoms with Gasteiger partial charge in [-0.1, -0.05) is 36.4 Å². The van der Waals surface area contributed by atoms with Crippen LogP contribution >= 0.6 is 12.4 Å². The lowest BCUT2D eigenvalue weighted by Gasteiger charge is -2.23. The van der Waals surface area contributed by atoms with Crippen molar-refractivity contribution in [2.45, 2.75) is 25.8 Å². The van der Waals surface area contributed by atoms with Crippen LogP contribution in [0.1, 0.15) is 24.0 Å². The highest BCUT2D eigenvalue weighted by Crippen LogP contribution is 2.33. The molecule has 0 saturated carbocycles. The molecule has 2 aromatic carbocycles. The summed E-state index contributed by atoms with van der Waals surface area (Å²) in [5, 5.41) is 2.71. The van der Waals surface area contributed by atoms with Gasteiger partial charge in [0, 0.05) is 19.0 Å². The molecule has 1 amide bonds. The summed E-state index contributed by atoms with van der Waals surface area (Å²) in [6, 6.07) is 14.8. The second-order valence-electron chi connectivity index (χ2n) is 7.12. The molecule has 1 aliphatic rings. The highest BCUT2D eigenvalue weighted by Gasteiger charge is 2.36. The number of amides is 1. The lowest BCUT2D eigenvalue weighted by Crippen LogP contribution is -2.41. The number of halogens is 2. The Hall–Kier alpha value is -1.95. The topological polar surface area (TPSA) is 58.4 Å². The van der Waals surface area contributed by atoms with Crippen LogP contribution in [0.5, 0.6) is 0 Å². The number of likely N-dealkylation sites (tertiary alicyclic amines) is 1. The van der Waals surface area contributed by atoms with Crippen molar-refractivity contribution in [1.29, 1.82) is 0 Å². The average molecular weight is 392 g/mol.